The summed E-state index contributed by atoms with van der Waals surface area (Å²) in [5.74, 6) is -0.819. The van der Waals surface area contributed by atoms with Gasteiger partial charge in [0.25, 0.3) is 20.2 Å². The fourth-order valence-electron chi connectivity index (χ4n) is 1.60. The van der Waals surface area contributed by atoms with Crippen molar-refractivity contribution in [2.24, 2.45) is 0 Å². The van der Waals surface area contributed by atoms with Gasteiger partial charge in [-0.15, -0.1) is 0 Å². The zero-order valence-corrected chi connectivity index (χ0v) is 13.0. The predicted molar refractivity (Wildman–Crippen MR) is 69.9 cm³/mol. The van der Waals surface area contributed by atoms with Crippen LogP contribution >= 0.6 is 0 Å². The lowest BCUT2D eigenvalue weighted by atomic mass is 10.2. The van der Waals surface area contributed by atoms with E-state index in [1.165, 1.54) is 0 Å². The van der Waals surface area contributed by atoms with Gasteiger partial charge in [0, 0.05) is 0 Å². The lowest BCUT2D eigenvalue weighted by Crippen LogP contribution is -2.16. The van der Waals surface area contributed by atoms with Crippen molar-refractivity contribution in [2.45, 2.75) is 21.6 Å². The maximum atomic E-state index is 11.9. The molecule has 21 heavy (non-hydrogen) atoms. The van der Waals surface area contributed by atoms with E-state index in [1.807, 2.05) is 0 Å². The second-order valence-corrected chi connectivity index (χ2v) is 8.91. The topological polar surface area (TPSA) is 163 Å². The molecule has 0 fully saturated rings. The molecule has 1 aromatic carbocycles. The zero-order valence-electron chi connectivity index (χ0n) is 10.6. The Labute approximate surface area is 121 Å². The van der Waals surface area contributed by atoms with Gasteiger partial charge < -0.3 is 5.11 Å². The number of hydrogen-bond donors (Lipinski definition) is 3. The first-order chi connectivity index (χ1) is 9.30. The highest BCUT2D eigenvalue weighted by molar-refractivity contribution is 7.92. The Bertz CT molecular complexity index is 863. The van der Waals surface area contributed by atoms with E-state index >= 15 is 0 Å². The van der Waals surface area contributed by atoms with Gasteiger partial charge in [0.15, 0.2) is 9.84 Å². The molecule has 0 amide bonds. The summed E-state index contributed by atoms with van der Waals surface area (Å²) >= 11 is 0. The summed E-state index contributed by atoms with van der Waals surface area (Å²) < 4.78 is 86.5. The van der Waals surface area contributed by atoms with Crippen LogP contribution in [-0.4, -0.2) is 51.8 Å². The highest BCUT2D eigenvalue weighted by atomic mass is 32.2. The second kappa shape index (κ2) is 5.62. The summed E-state index contributed by atoms with van der Waals surface area (Å²) in [7, 11) is -14.2. The van der Waals surface area contributed by atoms with Crippen molar-refractivity contribution in [3.05, 3.63) is 17.7 Å². The van der Waals surface area contributed by atoms with Crippen LogP contribution in [0.15, 0.2) is 26.8 Å². The molecule has 0 aliphatic rings. The first-order valence-corrected chi connectivity index (χ1v) is 9.77. The van der Waals surface area contributed by atoms with E-state index in [0.29, 0.717) is 12.1 Å². The van der Waals surface area contributed by atoms with Gasteiger partial charge in [-0.2, -0.15) is 16.8 Å². The highest BCUT2D eigenvalue weighted by Crippen LogP contribution is 2.28. The molecule has 120 valence electrons. The first-order valence-electron chi connectivity index (χ1n) is 5.24. The van der Waals surface area contributed by atoms with Crippen LogP contribution in [0.4, 0.5) is 0 Å². The summed E-state index contributed by atoms with van der Waals surface area (Å²) in [5.41, 5.74) is -0.235. The number of aryl methyl sites for hydroxylation is 1. The minimum atomic E-state index is -5.07. The molecular weight excluding hydrogens is 348 g/mol. The van der Waals surface area contributed by atoms with Gasteiger partial charge in [-0.25, -0.2) is 8.42 Å². The second-order valence-electron chi connectivity index (χ2n) is 4.06. The Morgan fingerprint density at radius 2 is 1.33 bits per heavy atom. The molecule has 3 N–H and O–H groups in total. The van der Waals surface area contributed by atoms with Crippen LogP contribution in [-0.2, 0) is 30.1 Å². The monoisotopic (exact) mass is 360 g/mol. The molecule has 9 nitrogen and oxygen atoms in total. The largest absolute Gasteiger partial charge is 0.395 e. The maximum Gasteiger partial charge on any atom is 0.295 e. The van der Waals surface area contributed by atoms with Gasteiger partial charge >= 0.3 is 0 Å². The van der Waals surface area contributed by atoms with Crippen molar-refractivity contribution in [1.29, 1.82) is 0 Å². The molecule has 0 unspecified atom stereocenters. The van der Waals surface area contributed by atoms with E-state index in [0.717, 1.165) is 6.92 Å². The molecule has 0 heterocycles. The lowest BCUT2D eigenvalue weighted by molar-refractivity contribution is 0.319. The van der Waals surface area contributed by atoms with Crippen molar-refractivity contribution in [3.8, 4) is 0 Å². The summed E-state index contributed by atoms with van der Waals surface area (Å²) in [4.78, 5) is -2.89. The van der Waals surface area contributed by atoms with Crippen LogP contribution in [0.5, 0.6) is 0 Å². The smallest absolute Gasteiger partial charge is 0.295 e. The van der Waals surface area contributed by atoms with Crippen LogP contribution < -0.4 is 0 Å². The fourth-order valence-corrected chi connectivity index (χ4v) is 4.86. The van der Waals surface area contributed by atoms with Crippen molar-refractivity contribution in [3.63, 3.8) is 0 Å². The van der Waals surface area contributed by atoms with E-state index in [-0.39, 0.29) is 5.56 Å². The third kappa shape index (κ3) is 3.99. The average molecular weight is 360 g/mol. The predicted octanol–water partition coefficient (Wildman–Crippen LogP) is -0.746. The molecule has 0 aliphatic carbocycles. The minimum absolute atomic E-state index is 0.235. The number of hydrogen-bond acceptors (Lipinski definition) is 7. The molecule has 0 radical (unpaired) electrons. The molecule has 0 atom stereocenters. The lowest BCUT2D eigenvalue weighted by Gasteiger charge is -2.11. The van der Waals surface area contributed by atoms with Crippen LogP contribution in [0.2, 0.25) is 0 Å². The number of benzene rings is 1. The SMILES string of the molecule is Cc1cc(S(=O)(=O)CCO)c(S(=O)(=O)O)cc1S(=O)(=O)O. The van der Waals surface area contributed by atoms with Gasteiger partial charge in [-0.1, -0.05) is 0 Å². The summed E-state index contributed by atoms with van der Waals surface area (Å²) in [6, 6.07) is 1.04. The first kappa shape index (κ1) is 18.0. The van der Waals surface area contributed by atoms with Gasteiger partial charge in [-0.05, 0) is 24.6 Å². The molecule has 12 heteroatoms. The zero-order chi connectivity index (χ0) is 16.6. The number of aliphatic hydroxyl groups excluding tert-OH is 1. The highest BCUT2D eigenvalue weighted by Gasteiger charge is 2.29. The van der Waals surface area contributed by atoms with Crippen molar-refractivity contribution >= 4 is 30.1 Å². The number of rotatable bonds is 5. The van der Waals surface area contributed by atoms with Crippen LogP contribution in [0.25, 0.3) is 0 Å². The Morgan fingerprint density at radius 1 is 0.857 bits per heavy atom. The summed E-state index contributed by atoms with van der Waals surface area (Å²) in [5, 5.41) is 8.68. The molecular formula is C9H12O9S3. The third-order valence-corrected chi connectivity index (χ3v) is 6.24. The molecule has 0 aliphatic heterocycles. The van der Waals surface area contributed by atoms with Crippen LogP contribution in [0.1, 0.15) is 5.56 Å². The molecule has 0 saturated carbocycles. The van der Waals surface area contributed by atoms with E-state index in [1.54, 1.807) is 0 Å². The molecule has 1 rings (SSSR count). The maximum absolute atomic E-state index is 11.9. The van der Waals surface area contributed by atoms with E-state index in [2.05, 4.69) is 0 Å². The Kier molecular flexibility index (Phi) is 4.82. The van der Waals surface area contributed by atoms with E-state index in [9.17, 15) is 25.3 Å². The van der Waals surface area contributed by atoms with Crippen LogP contribution in [0.3, 0.4) is 0 Å². The number of aliphatic hydroxyl groups is 1. The van der Waals surface area contributed by atoms with Gasteiger partial charge in [0.2, 0.25) is 0 Å². The molecule has 0 bridgehead atoms. The number of sulfone groups is 1. The Hall–Kier alpha value is -1.05. The van der Waals surface area contributed by atoms with Gasteiger partial charge in [0.1, 0.15) is 4.90 Å². The minimum Gasteiger partial charge on any atom is -0.395 e. The Balaban J connectivity index is 3.89. The standard InChI is InChI=1S/C9H12O9S3/c1-6-4-8(19(11,12)3-2-10)9(21(16,17)18)5-7(6)20(13,14)15/h4-5,10H,2-3H2,1H3,(H,13,14,15)(H,16,17,18). The van der Waals surface area contributed by atoms with Gasteiger partial charge in [0.05, 0.1) is 22.2 Å². The molecule has 0 aromatic heterocycles. The molecule has 1 aromatic rings. The Morgan fingerprint density at radius 3 is 1.71 bits per heavy atom. The quantitative estimate of drug-likeness (QED) is 0.573. The van der Waals surface area contributed by atoms with Crippen LogP contribution in [0, 0.1) is 6.92 Å². The third-order valence-electron chi connectivity index (χ3n) is 2.49. The molecule has 0 spiro atoms. The average Bonchev–Trinajstić information content (AvgIpc) is 2.25. The van der Waals surface area contributed by atoms with E-state index < -0.39 is 57.1 Å². The normalized spacial score (nSPS) is 13.3. The van der Waals surface area contributed by atoms with Gasteiger partial charge in [-0.3, -0.25) is 9.11 Å². The summed E-state index contributed by atoms with van der Waals surface area (Å²) in [6.07, 6.45) is 0. The van der Waals surface area contributed by atoms with Crippen molar-refractivity contribution in [1.82, 2.24) is 0 Å². The fraction of sp³-hybridized carbons (Fsp3) is 0.333. The van der Waals surface area contributed by atoms with Crippen molar-refractivity contribution in [2.75, 3.05) is 12.4 Å². The van der Waals surface area contributed by atoms with E-state index in [4.69, 9.17) is 14.2 Å². The molecule has 0 saturated heterocycles. The summed E-state index contributed by atoms with van der Waals surface area (Å²) in [6.45, 7) is 0.335. The van der Waals surface area contributed by atoms with Crippen molar-refractivity contribution < 1.29 is 39.5 Å².